The Morgan fingerprint density at radius 3 is 2.73 bits per heavy atom. The molecule has 2 aromatic rings. The minimum atomic E-state index is -0.209. The molecule has 0 fully saturated rings. The second kappa shape index (κ2) is 8.06. The van der Waals surface area contributed by atoms with Gasteiger partial charge in [-0.15, -0.1) is 0 Å². The van der Waals surface area contributed by atoms with E-state index in [1.165, 1.54) is 6.07 Å². The molecule has 0 aliphatic heterocycles. The van der Waals surface area contributed by atoms with Gasteiger partial charge in [0.2, 0.25) is 5.91 Å². The van der Waals surface area contributed by atoms with Crippen LogP contribution in [-0.2, 0) is 11.2 Å². The fourth-order valence-corrected chi connectivity index (χ4v) is 2.56. The average molecular weight is 365 g/mol. The molecule has 116 valence electrons. The Bertz CT molecular complexity index is 661. The first-order chi connectivity index (χ1) is 10.6. The summed E-state index contributed by atoms with van der Waals surface area (Å²) in [5.74, 6) is -0.321. The van der Waals surface area contributed by atoms with Crippen molar-refractivity contribution in [1.29, 1.82) is 0 Å². The van der Waals surface area contributed by atoms with Gasteiger partial charge in [0, 0.05) is 10.2 Å². The normalized spacial score (nSPS) is 10.5. The van der Waals surface area contributed by atoms with Crippen LogP contribution in [0, 0.1) is 12.7 Å². The number of hydrogen-bond acceptors (Lipinski definition) is 2. The van der Waals surface area contributed by atoms with Crippen LogP contribution in [0.15, 0.2) is 46.9 Å². The number of hydrogen-bond donors (Lipinski definition) is 2. The Hall–Kier alpha value is -1.72. The standard InChI is InChI=1S/C17H18BrFN2O/c1-12-10-14(18)6-7-16(12)21-17(22)11-20-9-8-13-4-2-3-5-15(13)19/h2-7,10,20H,8-9,11H2,1H3,(H,21,22). The molecule has 22 heavy (non-hydrogen) atoms. The Kier molecular flexibility index (Phi) is 6.10. The zero-order valence-corrected chi connectivity index (χ0v) is 13.9. The molecule has 0 saturated heterocycles. The molecule has 0 bridgehead atoms. The number of rotatable bonds is 6. The molecule has 0 unspecified atom stereocenters. The highest BCUT2D eigenvalue weighted by Crippen LogP contribution is 2.19. The highest BCUT2D eigenvalue weighted by molar-refractivity contribution is 9.10. The Labute approximate surface area is 138 Å². The van der Waals surface area contributed by atoms with Crippen molar-refractivity contribution in [2.45, 2.75) is 13.3 Å². The maximum absolute atomic E-state index is 13.4. The molecule has 0 spiro atoms. The van der Waals surface area contributed by atoms with Crippen LogP contribution in [0.2, 0.25) is 0 Å². The van der Waals surface area contributed by atoms with Gasteiger partial charge in [0.25, 0.3) is 0 Å². The van der Waals surface area contributed by atoms with E-state index in [-0.39, 0.29) is 18.3 Å². The van der Waals surface area contributed by atoms with E-state index in [2.05, 4.69) is 26.6 Å². The van der Waals surface area contributed by atoms with Crippen LogP contribution in [-0.4, -0.2) is 19.0 Å². The topological polar surface area (TPSA) is 41.1 Å². The molecule has 3 nitrogen and oxygen atoms in total. The number of halogens is 2. The van der Waals surface area contributed by atoms with Crippen molar-refractivity contribution in [1.82, 2.24) is 5.32 Å². The molecule has 0 saturated carbocycles. The zero-order valence-electron chi connectivity index (χ0n) is 12.3. The van der Waals surface area contributed by atoms with Gasteiger partial charge in [-0.3, -0.25) is 4.79 Å². The largest absolute Gasteiger partial charge is 0.325 e. The van der Waals surface area contributed by atoms with E-state index in [0.29, 0.717) is 18.5 Å². The van der Waals surface area contributed by atoms with E-state index in [1.54, 1.807) is 18.2 Å². The summed E-state index contributed by atoms with van der Waals surface area (Å²) in [4.78, 5) is 11.9. The van der Waals surface area contributed by atoms with Gasteiger partial charge in [0.15, 0.2) is 0 Å². The molecule has 0 aliphatic rings. The lowest BCUT2D eigenvalue weighted by molar-refractivity contribution is -0.115. The van der Waals surface area contributed by atoms with Gasteiger partial charge >= 0.3 is 0 Å². The third-order valence-corrected chi connectivity index (χ3v) is 3.77. The summed E-state index contributed by atoms with van der Waals surface area (Å²) < 4.78 is 14.4. The van der Waals surface area contributed by atoms with E-state index in [9.17, 15) is 9.18 Å². The smallest absolute Gasteiger partial charge is 0.238 e. The van der Waals surface area contributed by atoms with E-state index in [0.717, 1.165) is 15.7 Å². The summed E-state index contributed by atoms with van der Waals surface area (Å²) in [6, 6.07) is 12.4. The lowest BCUT2D eigenvalue weighted by Gasteiger charge is -2.10. The van der Waals surface area contributed by atoms with E-state index in [1.807, 2.05) is 25.1 Å². The molecule has 2 rings (SSSR count). The number of amides is 1. The quantitative estimate of drug-likeness (QED) is 0.767. The number of carbonyl (C=O) groups is 1. The molecule has 1 amide bonds. The summed E-state index contributed by atoms with van der Waals surface area (Å²) in [6.45, 7) is 2.68. The van der Waals surface area contributed by atoms with Crippen LogP contribution in [0.1, 0.15) is 11.1 Å². The second-order valence-corrected chi connectivity index (χ2v) is 5.94. The van der Waals surface area contributed by atoms with Gasteiger partial charge in [-0.2, -0.15) is 0 Å². The SMILES string of the molecule is Cc1cc(Br)ccc1NC(=O)CNCCc1ccccc1F. The second-order valence-electron chi connectivity index (χ2n) is 5.03. The molecule has 2 aromatic carbocycles. The number of carbonyl (C=O) groups excluding carboxylic acids is 1. The molecule has 0 aliphatic carbocycles. The molecule has 0 aromatic heterocycles. The Balaban J connectivity index is 1.75. The van der Waals surface area contributed by atoms with Gasteiger partial charge in [-0.25, -0.2) is 4.39 Å². The highest BCUT2D eigenvalue weighted by Gasteiger charge is 2.05. The van der Waals surface area contributed by atoms with Crippen LogP contribution in [0.25, 0.3) is 0 Å². The van der Waals surface area contributed by atoms with Crippen molar-refractivity contribution in [2.24, 2.45) is 0 Å². The van der Waals surface area contributed by atoms with Crippen LogP contribution in [0.4, 0.5) is 10.1 Å². The lowest BCUT2D eigenvalue weighted by Crippen LogP contribution is -2.29. The van der Waals surface area contributed by atoms with E-state index >= 15 is 0 Å². The summed E-state index contributed by atoms with van der Waals surface area (Å²) in [7, 11) is 0. The third-order valence-electron chi connectivity index (χ3n) is 3.28. The number of benzene rings is 2. The van der Waals surface area contributed by atoms with Crippen molar-refractivity contribution >= 4 is 27.5 Å². The first-order valence-corrected chi connectivity index (χ1v) is 7.85. The predicted molar refractivity (Wildman–Crippen MR) is 90.5 cm³/mol. The summed E-state index contributed by atoms with van der Waals surface area (Å²) in [6.07, 6.45) is 0.553. The predicted octanol–water partition coefficient (Wildman–Crippen LogP) is 3.67. The van der Waals surface area contributed by atoms with E-state index < -0.39 is 0 Å². The van der Waals surface area contributed by atoms with Gasteiger partial charge in [-0.1, -0.05) is 34.1 Å². The molecule has 5 heteroatoms. The maximum Gasteiger partial charge on any atom is 0.238 e. The molecule has 0 radical (unpaired) electrons. The molecule has 0 atom stereocenters. The molecular weight excluding hydrogens is 347 g/mol. The van der Waals surface area contributed by atoms with Gasteiger partial charge in [0.05, 0.1) is 6.54 Å². The summed E-state index contributed by atoms with van der Waals surface area (Å²) in [5, 5.41) is 5.88. The molecular formula is C17H18BrFN2O. The first-order valence-electron chi connectivity index (χ1n) is 7.06. The summed E-state index contributed by atoms with van der Waals surface area (Å²) in [5.41, 5.74) is 2.44. The molecule has 2 N–H and O–H groups in total. The maximum atomic E-state index is 13.4. The lowest BCUT2D eigenvalue weighted by atomic mass is 10.1. The number of anilines is 1. The minimum absolute atomic E-state index is 0.112. The van der Waals surface area contributed by atoms with Gasteiger partial charge in [0.1, 0.15) is 5.82 Å². The fourth-order valence-electron chi connectivity index (χ4n) is 2.09. The fraction of sp³-hybridized carbons (Fsp3) is 0.235. The average Bonchev–Trinajstić information content (AvgIpc) is 2.48. The van der Waals surface area contributed by atoms with Crippen LogP contribution >= 0.6 is 15.9 Å². The highest BCUT2D eigenvalue weighted by atomic mass is 79.9. The molecule has 0 heterocycles. The number of aryl methyl sites for hydroxylation is 1. The van der Waals surface area contributed by atoms with Crippen molar-refractivity contribution in [2.75, 3.05) is 18.4 Å². The summed E-state index contributed by atoms with van der Waals surface area (Å²) >= 11 is 3.39. The van der Waals surface area contributed by atoms with Crippen molar-refractivity contribution in [3.05, 3.63) is 63.9 Å². The zero-order chi connectivity index (χ0) is 15.9. The monoisotopic (exact) mass is 364 g/mol. The van der Waals surface area contributed by atoms with Crippen LogP contribution < -0.4 is 10.6 Å². The van der Waals surface area contributed by atoms with Crippen molar-refractivity contribution in [3.8, 4) is 0 Å². The van der Waals surface area contributed by atoms with Gasteiger partial charge < -0.3 is 10.6 Å². The third kappa shape index (κ3) is 4.93. The van der Waals surface area contributed by atoms with E-state index in [4.69, 9.17) is 0 Å². The van der Waals surface area contributed by atoms with Gasteiger partial charge in [-0.05, 0) is 55.3 Å². The van der Waals surface area contributed by atoms with Crippen LogP contribution in [0.5, 0.6) is 0 Å². The Morgan fingerprint density at radius 2 is 2.00 bits per heavy atom. The van der Waals surface area contributed by atoms with Crippen LogP contribution in [0.3, 0.4) is 0 Å². The Morgan fingerprint density at radius 1 is 1.23 bits per heavy atom. The minimum Gasteiger partial charge on any atom is -0.325 e. The number of nitrogens with one attached hydrogen (secondary N) is 2. The van der Waals surface area contributed by atoms with Crippen molar-refractivity contribution < 1.29 is 9.18 Å². The first kappa shape index (κ1) is 16.6. The van der Waals surface area contributed by atoms with Crippen molar-refractivity contribution in [3.63, 3.8) is 0 Å².